The highest BCUT2D eigenvalue weighted by molar-refractivity contribution is 7.10. The van der Waals surface area contributed by atoms with E-state index in [1.54, 1.807) is 0 Å². The smallest absolute Gasteiger partial charge is 0.0386 e. The number of thiophene rings is 1. The van der Waals surface area contributed by atoms with Crippen LogP contribution in [0.4, 0.5) is 0 Å². The van der Waals surface area contributed by atoms with Crippen LogP contribution in [0.3, 0.4) is 0 Å². The van der Waals surface area contributed by atoms with Gasteiger partial charge in [-0.25, -0.2) is 0 Å². The Kier molecular flexibility index (Phi) is 3.56. The lowest BCUT2D eigenvalue weighted by Crippen LogP contribution is -2.26. The third-order valence-corrected chi connectivity index (χ3v) is 3.90. The van der Waals surface area contributed by atoms with E-state index in [0.29, 0.717) is 6.04 Å². The third-order valence-electron chi connectivity index (χ3n) is 2.85. The SMILES string of the molecule is C[C@H](NC[C@@H]1CCNC1)c1cccs1. The van der Waals surface area contributed by atoms with Gasteiger partial charge in [-0.3, -0.25) is 0 Å². The van der Waals surface area contributed by atoms with Gasteiger partial charge in [0.05, 0.1) is 0 Å². The average Bonchev–Trinajstić information content (AvgIpc) is 2.87. The average molecular weight is 210 g/mol. The molecule has 2 atom stereocenters. The van der Waals surface area contributed by atoms with Crippen molar-refractivity contribution in [3.63, 3.8) is 0 Å². The van der Waals surface area contributed by atoms with E-state index in [2.05, 4.69) is 35.1 Å². The van der Waals surface area contributed by atoms with Crippen molar-refractivity contribution in [2.45, 2.75) is 19.4 Å². The molecular formula is C11H18N2S. The molecule has 0 aromatic carbocycles. The lowest BCUT2D eigenvalue weighted by Gasteiger charge is -2.15. The maximum Gasteiger partial charge on any atom is 0.0386 e. The normalized spacial score (nSPS) is 23.9. The largest absolute Gasteiger partial charge is 0.316 e. The van der Waals surface area contributed by atoms with E-state index in [9.17, 15) is 0 Å². The molecule has 2 rings (SSSR count). The Morgan fingerprint density at radius 3 is 3.29 bits per heavy atom. The van der Waals surface area contributed by atoms with Crippen LogP contribution < -0.4 is 10.6 Å². The zero-order valence-electron chi connectivity index (χ0n) is 8.62. The fraction of sp³-hybridized carbons (Fsp3) is 0.636. The minimum Gasteiger partial charge on any atom is -0.316 e. The molecule has 14 heavy (non-hydrogen) atoms. The van der Waals surface area contributed by atoms with Gasteiger partial charge < -0.3 is 10.6 Å². The van der Waals surface area contributed by atoms with Crippen LogP contribution in [-0.2, 0) is 0 Å². The molecule has 3 heteroatoms. The van der Waals surface area contributed by atoms with Crippen molar-refractivity contribution in [2.75, 3.05) is 19.6 Å². The van der Waals surface area contributed by atoms with Gasteiger partial charge >= 0.3 is 0 Å². The number of hydrogen-bond acceptors (Lipinski definition) is 3. The summed E-state index contributed by atoms with van der Waals surface area (Å²) in [6, 6.07) is 4.83. The molecule has 2 nitrogen and oxygen atoms in total. The van der Waals surface area contributed by atoms with Crippen molar-refractivity contribution in [1.82, 2.24) is 10.6 Å². The third kappa shape index (κ3) is 2.56. The first-order valence-corrected chi connectivity index (χ1v) is 6.21. The van der Waals surface area contributed by atoms with Crippen LogP contribution in [0.25, 0.3) is 0 Å². The van der Waals surface area contributed by atoms with Crippen LogP contribution in [-0.4, -0.2) is 19.6 Å². The summed E-state index contributed by atoms with van der Waals surface area (Å²) < 4.78 is 0. The van der Waals surface area contributed by atoms with Crippen molar-refractivity contribution in [1.29, 1.82) is 0 Å². The molecule has 1 aliphatic rings. The predicted octanol–water partition coefficient (Wildman–Crippen LogP) is 2.01. The minimum absolute atomic E-state index is 0.510. The summed E-state index contributed by atoms with van der Waals surface area (Å²) in [5.41, 5.74) is 0. The van der Waals surface area contributed by atoms with Crippen molar-refractivity contribution in [3.05, 3.63) is 22.4 Å². The van der Waals surface area contributed by atoms with Gasteiger partial charge in [0.15, 0.2) is 0 Å². The lowest BCUT2D eigenvalue weighted by molar-refractivity contribution is 0.473. The first-order valence-electron chi connectivity index (χ1n) is 5.34. The molecular weight excluding hydrogens is 192 g/mol. The van der Waals surface area contributed by atoms with E-state index in [1.165, 1.54) is 24.4 Å². The van der Waals surface area contributed by atoms with Crippen LogP contribution in [0, 0.1) is 5.92 Å². The van der Waals surface area contributed by atoms with Crippen molar-refractivity contribution >= 4 is 11.3 Å². The highest BCUT2D eigenvalue weighted by Crippen LogP contribution is 2.18. The Morgan fingerprint density at radius 1 is 1.71 bits per heavy atom. The minimum atomic E-state index is 0.510. The molecule has 0 unspecified atom stereocenters. The number of rotatable bonds is 4. The molecule has 1 aromatic heterocycles. The van der Waals surface area contributed by atoms with Gasteiger partial charge in [0.1, 0.15) is 0 Å². The molecule has 0 aliphatic carbocycles. The Labute approximate surface area is 89.7 Å². The summed E-state index contributed by atoms with van der Waals surface area (Å²) >= 11 is 1.84. The second-order valence-corrected chi connectivity index (χ2v) is 4.98. The highest BCUT2D eigenvalue weighted by Gasteiger charge is 2.15. The van der Waals surface area contributed by atoms with Crippen LogP contribution in [0.15, 0.2) is 17.5 Å². The van der Waals surface area contributed by atoms with Gasteiger partial charge in [-0.05, 0) is 50.3 Å². The first-order chi connectivity index (χ1) is 6.86. The summed E-state index contributed by atoms with van der Waals surface area (Å²) in [5, 5.41) is 9.13. The highest BCUT2D eigenvalue weighted by atomic mass is 32.1. The molecule has 0 saturated carbocycles. The summed E-state index contributed by atoms with van der Waals surface area (Å²) in [7, 11) is 0. The zero-order valence-corrected chi connectivity index (χ0v) is 9.44. The van der Waals surface area contributed by atoms with Gasteiger partial charge in [-0.15, -0.1) is 11.3 Å². The molecule has 1 saturated heterocycles. The van der Waals surface area contributed by atoms with Crippen LogP contribution in [0.1, 0.15) is 24.3 Å². The van der Waals surface area contributed by atoms with E-state index in [0.717, 1.165) is 12.5 Å². The molecule has 0 amide bonds. The quantitative estimate of drug-likeness (QED) is 0.794. The van der Waals surface area contributed by atoms with E-state index in [4.69, 9.17) is 0 Å². The molecule has 0 spiro atoms. The molecule has 0 bridgehead atoms. The Balaban J connectivity index is 1.74. The standard InChI is InChI=1S/C11H18N2S/c1-9(11-3-2-6-14-11)13-8-10-4-5-12-7-10/h2-3,6,9-10,12-13H,4-5,7-8H2,1H3/t9-,10+/m0/s1. The van der Waals surface area contributed by atoms with Crippen LogP contribution in [0.2, 0.25) is 0 Å². The summed E-state index contributed by atoms with van der Waals surface area (Å²) in [4.78, 5) is 1.44. The number of nitrogens with one attached hydrogen (secondary N) is 2. The van der Waals surface area contributed by atoms with Crippen molar-refractivity contribution in [3.8, 4) is 0 Å². The molecule has 1 aliphatic heterocycles. The maximum absolute atomic E-state index is 3.60. The Morgan fingerprint density at radius 2 is 2.64 bits per heavy atom. The summed E-state index contributed by atoms with van der Waals surface area (Å²) in [6.07, 6.45) is 1.32. The molecule has 1 aromatic rings. The van der Waals surface area contributed by atoms with E-state index >= 15 is 0 Å². The fourth-order valence-electron chi connectivity index (χ4n) is 1.87. The van der Waals surface area contributed by atoms with Crippen molar-refractivity contribution < 1.29 is 0 Å². The van der Waals surface area contributed by atoms with E-state index in [-0.39, 0.29) is 0 Å². The first kappa shape index (κ1) is 10.1. The molecule has 2 N–H and O–H groups in total. The van der Waals surface area contributed by atoms with Crippen LogP contribution in [0.5, 0.6) is 0 Å². The van der Waals surface area contributed by atoms with Gasteiger partial charge in [-0.1, -0.05) is 6.07 Å². The fourth-order valence-corrected chi connectivity index (χ4v) is 2.63. The van der Waals surface area contributed by atoms with E-state index < -0.39 is 0 Å². The molecule has 78 valence electrons. The second-order valence-electron chi connectivity index (χ2n) is 4.00. The predicted molar refractivity (Wildman–Crippen MR) is 61.7 cm³/mol. The van der Waals surface area contributed by atoms with Crippen molar-refractivity contribution in [2.24, 2.45) is 5.92 Å². The van der Waals surface area contributed by atoms with E-state index in [1.807, 2.05) is 11.3 Å². The second kappa shape index (κ2) is 4.91. The molecule has 2 heterocycles. The van der Waals surface area contributed by atoms with Gasteiger partial charge in [0, 0.05) is 10.9 Å². The molecule has 0 radical (unpaired) electrons. The molecule has 1 fully saturated rings. The monoisotopic (exact) mass is 210 g/mol. The zero-order chi connectivity index (χ0) is 9.80. The Hall–Kier alpha value is -0.380. The van der Waals surface area contributed by atoms with Crippen LogP contribution >= 0.6 is 11.3 Å². The topological polar surface area (TPSA) is 24.1 Å². The maximum atomic E-state index is 3.60. The summed E-state index contributed by atoms with van der Waals surface area (Å²) in [6.45, 7) is 5.77. The van der Waals surface area contributed by atoms with Gasteiger partial charge in [0.25, 0.3) is 0 Å². The van der Waals surface area contributed by atoms with Gasteiger partial charge in [0.2, 0.25) is 0 Å². The Bertz CT molecular complexity index is 252. The number of hydrogen-bond donors (Lipinski definition) is 2. The summed E-state index contributed by atoms with van der Waals surface area (Å²) in [5.74, 6) is 0.831. The van der Waals surface area contributed by atoms with Gasteiger partial charge in [-0.2, -0.15) is 0 Å². The lowest BCUT2D eigenvalue weighted by atomic mass is 10.1.